The quantitative estimate of drug-likeness (QED) is 0.774. The maximum Gasteiger partial charge on any atom is 0.334 e. The second kappa shape index (κ2) is 5.24. The summed E-state index contributed by atoms with van der Waals surface area (Å²) in [5, 5.41) is 4.93. The Kier molecular flexibility index (Phi) is 4.12. The van der Waals surface area contributed by atoms with Gasteiger partial charge in [0.05, 0.1) is 11.3 Å². The molecule has 0 aliphatic heterocycles. The van der Waals surface area contributed by atoms with E-state index >= 15 is 0 Å². The Morgan fingerprint density at radius 2 is 1.68 bits per heavy atom. The van der Waals surface area contributed by atoms with Gasteiger partial charge in [0.2, 0.25) is 0 Å². The number of nitrogens with two attached hydrogens (primary N) is 2. The Balaban J connectivity index is 3.50. The summed E-state index contributed by atoms with van der Waals surface area (Å²) in [4.78, 5) is 24.4. The number of anilines is 1. The number of carbonyl (C=O) groups excluding carboxylic acids is 2. The molecule has 8 nitrogen and oxygen atoms in total. The zero-order valence-corrected chi connectivity index (χ0v) is 11.2. The number of hydrogen-bond donors (Lipinski definition) is 2. The van der Waals surface area contributed by atoms with Gasteiger partial charge in [-0.3, -0.25) is 4.79 Å². The van der Waals surface area contributed by atoms with Gasteiger partial charge in [-0.25, -0.2) is 9.93 Å². The molecule has 0 bridgehead atoms. The Morgan fingerprint density at radius 1 is 1.16 bits per heavy atom. The van der Waals surface area contributed by atoms with Gasteiger partial charge in [-0.05, 0) is 12.1 Å². The predicted octanol–water partition coefficient (Wildman–Crippen LogP) is -0.523. The zero-order chi connectivity index (χ0) is 14.8. The molecule has 0 spiro atoms. The first-order valence-electron chi connectivity index (χ1n) is 5.09. The highest BCUT2D eigenvalue weighted by Gasteiger charge is 2.28. The van der Waals surface area contributed by atoms with Gasteiger partial charge in [-0.15, -0.1) is 0 Å². The minimum Gasteiger partial charge on any atom is -0.350 e. The summed E-state index contributed by atoms with van der Waals surface area (Å²) in [6.45, 7) is 0. The van der Waals surface area contributed by atoms with Crippen molar-refractivity contribution in [2.45, 2.75) is 0 Å². The monoisotopic (exact) mass is 286 g/mol. The van der Waals surface area contributed by atoms with Gasteiger partial charge < -0.3 is 10.6 Å². The molecular weight excluding hydrogens is 272 g/mol. The lowest BCUT2D eigenvalue weighted by Crippen LogP contribution is -2.45. The van der Waals surface area contributed by atoms with Crippen LogP contribution in [0.25, 0.3) is 0 Å². The van der Waals surface area contributed by atoms with E-state index in [1.54, 1.807) is 0 Å². The Hall–Kier alpha value is -2.13. The van der Waals surface area contributed by atoms with Crippen LogP contribution < -0.4 is 15.2 Å². The number of rotatable bonds is 3. The lowest BCUT2D eigenvalue weighted by atomic mass is 10.1. The molecule has 0 atom stereocenters. The van der Waals surface area contributed by atoms with Crippen molar-refractivity contribution in [1.29, 1.82) is 0 Å². The molecule has 0 saturated carbocycles. The molecule has 1 aromatic carbocycles. The van der Waals surface area contributed by atoms with E-state index in [0.717, 1.165) is 0 Å². The van der Waals surface area contributed by atoms with Crippen molar-refractivity contribution in [2.24, 2.45) is 10.9 Å². The van der Waals surface area contributed by atoms with Crippen LogP contribution in [0.5, 0.6) is 0 Å². The van der Waals surface area contributed by atoms with Crippen LogP contribution in [0, 0.1) is 0 Å². The first-order valence-corrected chi connectivity index (χ1v) is 6.59. The van der Waals surface area contributed by atoms with Crippen LogP contribution in [-0.2, 0) is 10.2 Å². The topological polar surface area (TPSA) is 127 Å². The highest BCUT2D eigenvalue weighted by molar-refractivity contribution is 7.91. The van der Waals surface area contributed by atoms with Gasteiger partial charge in [0, 0.05) is 14.1 Å². The van der Waals surface area contributed by atoms with Crippen LogP contribution in [0.1, 0.15) is 10.4 Å². The van der Waals surface area contributed by atoms with Crippen LogP contribution in [0.3, 0.4) is 0 Å². The number of nitrogens with zero attached hydrogens (tertiary/aromatic N) is 2. The lowest BCUT2D eigenvalue weighted by Gasteiger charge is -2.21. The molecule has 0 aliphatic rings. The van der Waals surface area contributed by atoms with Gasteiger partial charge in [-0.2, -0.15) is 12.7 Å². The maximum absolute atomic E-state index is 11.9. The average molecular weight is 286 g/mol. The third-order valence-electron chi connectivity index (χ3n) is 2.21. The number of hydrogen-bond acceptors (Lipinski definition) is 4. The third-order valence-corrected chi connectivity index (χ3v) is 3.10. The number of urea groups is 1. The Bertz CT molecular complexity index is 612. The van der Waals surface area contributed by atoms with Gasteiger partial charge in [0.25, 0.3) is 5.91 Å². The average Bonchev–Trinajstić information content (AvgIpc) is 2.26. The van der Waals surface area contributed by atoms with Crippen LogP contribution >= 0.6 is 0 Å². The van der Waals surface area contributed by atoms with Crippen molar-refractivity contribution < 1.29 is 18.0 Å². The minimum atomic E-state index is -4.41. The molecule has 0 radical (unpaired) electrons. The van der Waals surface area contributed by atoms with E-state index in [9.17, 15) is 18.0 Å². The highest BCUT2D eigenvalue weighted by atomic mass is 32.2. The van der Waals surface area contributed by atoms with Crippen molar-refractivity contribution in [2.75, 3.05) is 18.4 Å². The molecule has 19 heavy (non-hydrogen) atoms. The van der Waals surface area contributed by atoms with Gasteiger partial charge >= 0.3 is 16.2 Å². The second-order valence-corrected chi connectivity index (χ2v) is 5.26. The van der Waals surface area contributed by atoms with E-state index in [1.807, 2.05) is 0 Å². The van der Waals surface area contributed by atoms with E-state index in [2.05, 4.69) is 0 Å². The number of primary amides is 1. The molecule has 104 valence electrons. The highest BCUT2D eigenvalue weighted by Crippen LogP contribution is 2.23. The summed E-state index contributed by atoms with van der Waals surface area (Å²) in [6.07, 6.45) is 0. The van der Waals surface area contributed by atoms with Crippen molar-refractivity contribution in [3.63, 3.8) is 0 Å². The van der Waals surface area contributed by atoms with E-state index in [0.29, 0.717) is 0 Å². The van der Waals surface area contributed by atoms with Crippen LogP contribution in [-0.4, -0.2) is 39.4 Å². The van der Waals surface area contributed by atoms with E-state index in [4.69, 9.17) is 10.9 Å². The molecular formula is C10H14N4O4S. The van der Waals surface area contributed by atoms with Gasteiger partial charge in [-0.1, -0.05) is 12.1 Å². The molecule has 0 fully saturated rings. The van der Waals surface area contributed by atoms with E-state index < -0.39 is 22.1 Å². The van der Waals surface area contributed by atoms with Crippen molar-refractivity contribution in [3.05, 3.63) is 29.8 Å². The third kappa shape index (κ3) is 3.20. The largest absolute Gasteiger partial charge is 0.350 e. The second-order valence-electron chi connectivity index (χ2n) is 3.86. The predicted molar refractivity (Wildman–Crippen MR) is 69.6 cm³/mol. The fraction of sp³-hybridized carbons (Fsp3) is 0.200. The molecule has 0 unspecified atom stereocenters. The smallest absolute Gasteiger partial charge is 0.334 e. The summed E-state index contributed by atoms with van der Waals surface area (Å²) >= 11 is 0. The summed E-state index contributed by atoms with van der Waals surface area (Å²) < 4.78 is 23.0. The number of para-hydroxylation sites is 1. The number of amides is 3. The molecule has 4 N–H and O–H groups in total. The molecule has 1 rings (SSSR count). The van der Waals surface area contributed by atoms with Crippen LogP contribution in [0.2, 0.25) is 0 Å². The molecule has 0 aromatic heterocycles. The van der Waals surface area contributed by atoms with Gasteiger partial charge in [0.1, 0.15) is 0 Å². The van der Waals surface area contributed by atoms with Crippen LogP contribution in [0.15, 0.2) is 24.3 Å². The molecule has 3 amide bonds. The zero-order valence-electron chi connectivity index (χ0n) is 10.4. The summed E-state index contributed by atoms with van der Waals surface area (Å²) in [5.74, 6) is -0.481. The molecule has 0 aliphatic carbocycles. The number of benzene rings is 1. The fourth-order valence-electron chi connectivity index (χ4n) is 1.45. The maximum atomic E-state index is 11.9. The SMILES string of the molecule is CN(C)C(=O)c1ccccc1N(C(N)=O)S(N)(=O)=O. The van der Waals surface area contributed by atoms with Crippen LogP contribution in [0.4, 0.5) is 10.5 Å². The van der Waals surface area contributed by atoms with Crippen molar-refractivity contribution in [3.8, 4) is 0 Å². The summed E-state index contributed by atoms with van der Waals surface area (Å²) in [7, 11) is -1.43. The van der Waals surface area contributed by atoms with E-state index in [1.165, 1.54) is 43.3 Å². The standard InChI is InChI=1S/C10H14N4O4S/c1-13(2)9(15)7-5-3-4-6-8(7)14(10(11)16)19(12,17)18/h3-6H,1-2H3,(H2,11,16)(H2,12,17,18). The lowest BCUT2D eigenvalue weighted by molar-refractivity contribution is 0.0828. The normalized spacial score (nSPS) is 10.9. The van der Waals surface area contributed by atoms with Gasteiger partial charge in [0.15, 0.2) is 0 Å². The van der Waals surface area contributed by atoms with Crippen molar-refractivity contribution in [1.82, 2.24) is 4.90 Å². The minimum absolute atomic E-state index is 0.000301. The Morgan fingerprint density at radius 3 is 2.11 bits per heavy atom. The molecule has 0 saturated heterocycles. The molecule has 1 aromatic rings. The van der Waals surface area contributed by atoms with E-state index in [-0.39, 0.29) is 15.6 Å². The fourth-order valence-corrected chi connectivity index (χ4v) is 2.14. The summed E-state index contributed by atoms with van der Waals surface area (Å²) in [6, 6.07) is 4.34. The number of carbonyl (C=O) groups is 2. The molecule has 0 heterocycles. The first-order chi connectivity index (χ1) is 8.66. The molecule has 9 heteroatoms. The van der Waals surface area contributed by atoms with Crippen molar-refractivity contribution >= 4 is 27.8 Å². The Labute approximate surface area is 110 Å². The first kappa shape index (κ1) is 14.9. The summed E-state index contributed by atoms with van der Waals surface area (Å²) in [5.41, 5.74) is 4.82.